The Labute approximate surface area is 87.8 Å². The van der Waals surface area contributed by atoms with E-state index in [4.69, 9.17) is 9.84 Å². The number of nitrogens with one attached hydrogen (secondary N) is 1. The van der Waals surface area contributed by atoms with Gasteiger partial charge in [0, 0.05) is 13.0 Å². The fourth-order valence-corrected chi connectivity index (χ4v) is 1.99. The predicted octanol–water partition coefficient (Wildman–Crippen LogP) is -0.783. The SMILES string of the molecule is O=C1NC(O)CCN1[C@H]1CCC(CO)O1. The number of amides is 2. The molecule has 0 radical (unpaired) electrons. The van der Waals surface area contributed by atoms with Gasteiger partial charge in [-0.05, 0) is 12.8 Å². The highest BCUT2D eigenvalue weighted by atomic mass is 16.5. The minimum absolute atomic E-state index is 0.00537. The number of hydrogen-bond acceptors (Lipinski definition) is 4. The van der Waals surface area contributed by atoms with Gasteiger partial charge in [-0.25, -0.2) is 4.79 Å². The summed E-state index contributed by atoms with van der Waals surface area (Å²) in [6.07, 6.45) is 0.866. The number of aliphatic hydroxyl groups is 2. The molecular weight excluding hydrogens is 200 g/mol. The maximum absolute atomic E-state index is 11.5. The summed E-state index contributed by atoms with van der Waals surface area (Å²) in [6.45, 7) is 0.490. The summed E-state index contributed by atoms with van der Waals surface area (Å²) in [6, 6.07) is -0.294. The number of ether oxygens (including phenoxy) is 1. The van der Waals surface area contributed by atoms with Crippen LogP contribution in [0.4, 0.5) is 4.79 Å². The van der Waals surface area contributed by atoms with E-state index >= 15 is 0 Å². The summed E-state index contributed by atoms with van der Waals surface area (Å²) in [5, 5.41) is 20.5. The van der Waals surface area contributed by atoms with Crippen LogP contribution in [-0.2, 0) is 4.74 Å². The molecule has 2 heterocycles. The number of urea groups is 1. The Bertz CT molecular complexity index is 248. The van der Waals surface area contributed by atoms with Crippen LogP contribution in [0.1, 0.15) is 19.3 Å². The fraction of sp³-hybridized carbons (Fsp3) is 0.889. The molecule has 0 saturated carbocycles. The van der Waals surface area contributed by atoms with Gasteiger partial charge in [0.25, 0.3) is 0 Å². The van der Waals surface area contributed by atoms with Gasteiger partial charge in [-0.3, -0.25) is 4.90 Å². The Morgan fingerprint density at radius 1 is 1.47 bits per heavy atom. The molecule has 6 nitrogen and oxygen atoms in total. The molecule has 3 N–H and O–H groups in total. The first-order chi connectivity index (χ1) is 7.20. The first kappa shape index (κ1) is 10.7. The van der Waals surface area contributed by atoms with Crippen molar-refractivity contribution in [2.45, 2.75) is 37.8 Å². The third kappa shape index (κ3) is 2.22. The van der Waals surface area contributed by atoms with Crippen LogP contribution in [0.2, 0.25) is 0 Å². The molecule has 2 unspecified atom stereocenters. The number of nitrogens with zero attached hydrogens (tertiary/aromatic N) is 1. The molecule has 3 atom stereocenters. The van der Waals surface area contributed by atoms with Crippen LogP contribution in [0.5, 0.6) is 0 Å². The van der Waals surface area contributed by atoms with Gasteiger partial charge in [-0.15, -0.1) is 0 Å². The van der Waals surface area contributed by atoms with E-state index in [0.717, 1.165) is 12.8 Å². The van der Waals surface area contributed by atoms with Crippen LogP contribution in [0, 0.1) is 0 Å². The van der Waals surface area contributed by atoms with Crippen molar-refractivity contribution in [1.29, 1.82) is 0 Å². The Kier molecular flexibility index (Phi) is 3.08. The Hall–Kier alpha value is -0.850. The molecule has 15 heavy (non-hydrogen) atoms. The third-order valence-electron chi connectivity index (χ3n) is 2.83. The lowest BCUT2D eigenvalue weighted by atomic mass is 10.2. The van der Waals surface area contributed by atoms with Crippen LogP contribution in [0.25, 0.3) is 0 Å². The first-order valence-corrected chi connectivity index (χ1v) is 5.22. The lowest BCUT2D eigenvalue weighted by molar-refractivity contribution is -0.0625. The summed E-state index contributed by atoms with van der Waals surface area (Å²) in [7, 11) is 0. The smallest absolute Gasteiger partial charge is 0.321 e. The zero-order valence-electron chi connectivity index (χ0n) is 8.43. The topological polar surface area (TPSA) is 82.0 Å². The highest BCUT2D eigenvalue weighted by Gasteiger charge is 2.35. The molecule has 86 valence electrons. The van der Waals surface area contributed by atoms with Crippen molar-refractivity contribution in [3.8, 4) is 0 Å². The molecule has 0 aromatic heterocycles. The number of carbonyl (C=O) groups excluding carboxylic acids is 1. The van der Waals surface area contributed by atoms with E-state index in [1.54, 1.807) is 4.90 Å². The molecule has 6 heteroatoms. The molecule has 2 amide bonds. The number of hydrogen-bond donors (Lipinski definition) is 3. The number of aliphatic hydroxyl groups excluding tert-OH is 2. The van der Waals surface area contributed by atoms with Crippen molar-refractivity contribution < 1.29 is 19.7 Å². The Balaban J connectivity index is 1.91. The summed E-state index contributed by atoms with van der Waals surface area (Å²) < 4.78 is 5.49. The van der Waals surface area contributed by atoms with Gasteiger partial charge >= 0.3 is 6.03 Å². The van der Waals surface area contributed by atoms with E-state index in [9.17, 15) is 9.90 Å². The maximum atomic E-state index is 11.5. The molecule has 0 aromatic carbocycles. The number of carbonyl (C=O) groups is 1. The van der Waals surface area contributed by atoms with Crippen molar-refractivity contribution in [2.24, 2.45) is 0 Å². The molecule has 2 aliphatic rings. The van der Waals surface area contributed by atoms with Crippen molar-refractivity contribution in [3.05, 3.63) is 0 Å². The van der Waals surface area contributed by atoms with Gasteiger partial charge in [0.2, 0.25) is 0 Å². The molecule has 0 aromatic rings. The Morgan fingerprint density at radius 3 is 2.87 bits per heavy atom. The van der Waals surface area contributed by atoms with Gasteiger partial charge < -0.3 is 20.3 Å². The zero-order chi connectivity index (χ0) is 10.8. The molecule has 2 saturated heterocycles. The van der Waals surface area contributed by atoms with Crippen LogP contribution < -0.4 is 5.32 Å². The third-order valence-corrected chi connectivity index (χ3v) is 2.83. The molecule has 0 bridgehead atoms. The maximum Gasteiger partial charge on any atom is 0.321 e. The van der Waals surface area contributed by atoms with Gasteiger partial charge in [0.1, 0.15) is 12.5 Å². The average Bonchev–Trinajstić information content (AvgIpc) is 2.66. The second-order valence-electron chi connectivity index (χ2n) is 3.92. The van der Waals surface area contributed by atoms with E-state index < -0.39 is 6.23 Å². The van der Waals surface area contributed by atoms with Crippen molar-refractivity contribution in [3.63, 3.8) is 0 Å². The summed E-state index contributed by atoms with van der Waals surface area (Å²) >= 11 is 0. The Morgan fingerprint density at radius 2 is 2.27 bits per heavy atom. The van der Waals surface area contributed by atoms with Gasteiger partial charge in [-0.2, -0.15) is 0 Å². The second-order valence-corrected chi connectivity index (χ2v) is 3.92. The molecule has 2 fully saturated rings. The predicted molar refractivity (Wildman–Crippen MR) is 50.8 cm³/mol. The quantitative estimate of drug-likeness (QED) is 0.565. The monoisotopic (exact) mass is 216 g/mol. The summed E-state index contributed by atoms with van der Waals surface area (Å²) in [5.74, 6) is 0. The van der Waals surface area contributed by atoms with E-state index in [2.05, 4.69) is 5.32 Å². The van der Waals surface area contributed by atoms with E-state index in [-0.39, 0.29) is 25.0 Å². The van der Waals surface area contributed by atoms with Crippen LogP contribution >= 0.6 is 0 Å². The molecule has 2 rings (SSSR count). The first-order valence-electron chi connectivity index (χ1n) is 5.22. The highest BCUT2D eigenvalue weighted by molar-refractivity contribution is 5.75. The molecular formula is C9H16N2O4. The number of rotatable bonds is 2. The highest BCUT2D eigenvalue weighted by Crippen LogP contribution is 2.23. The molecule has 0 aliphatic carbocycles. The van der Waals surface area contributed by atoms with E-state index in [1.165, 1.54) is 0 Å². The van der Waals surface area contributed by atoms with Crippen molar-refractivity contribution >= 4 is 6.03 Å². The van der Waals surface area contributed by atoms with Gasteiger partial charge in [0.05, 0.1) is 12.7 Å². The van der Waals surface area contributed by atoms with Crippen LogP contribution in [0.3, 0.4) is 0 Å². The molecule has 0 spiro atoms. The lowest BCUT2D eigenvalue weighted by Crippen LogP contribution is -2.55. The van der Waals surface area contributed by atoms with Crippen molar-refractivity contribution in [1.82, 2.24) is 10.2 Å². The second kappa shape index (κ2) is 4.34. The lowest BCUT2D eigenvalue weighted by Gasteiger charge is -2.34. The summed E-state index contributed by atoms with van der Waals surface area (Å²) in [4.78, 5) is 13.1. The van der Waals surface area contributed by atoms with Gasteiger partial charge in [0.15, 0.2) is 0 Å². The average molecular weight is 216 g/mol. The minimum Gasteiger partial charge on any atom is -0.394 e. The van der Waals surface area contributed by atoms with Crippen molar-refractivity contribution in [2.75, 3.05) is 13.2 Å². The van der Waals surface area contributed by atoms with Crippen LogP contribution in [-0.4, -0.2) is 52.9 Å². The zero-order valence-corrected chi connectivity index (χ0v) is 8.43. The van der Waals surface area contributed by atoms with Gasteiger partial charge in [-0.1, -0.05) is 0 Å². The molecule has 2 aliphatic heterocycles. The largest absolute Gasteiger partial charge is 0.394 e. The minimum atomic E-state index is -0.746. The van der Waals surface area contributed by atoms with E-state index in [1.807, 2.05) is 0 Å². The normalized spacial score (nSPS) is 36.8. The standard InChI is InChI=1S/C9H16N2O4/c12-5-6-1-2-8(15-6)11-4-3-7(13)10-9(11)14/h6-8,12-13H,1-5H2,(H,10,14)/t6?,7?,8-/m1/s1. The van der Waals surface area contributed by atoms with Crippen LogP contribution in [0.15, 0.2) is 0 Å². The summed E-state index contributed by atoms with van der Waals surface area (Å²) in [5.41, 5.74) is 0. The van der Waals surface area contributed by atoms with E-state index in [0.29, 0.717) is 13.0 Å². The fourth-order valence-electron chi connectivity index (χ4n) is 1.99.